The lowest BCUT2D eigenvalue weighted by atomic mass is 10.0. The smallest absolute Gasteiger partial charge is 0.227 e. The van der Waals surface area contributed by atoms with Crippen molar-refractivity contribution in [3.8, 4) is 0 Å². The summed E-state index contributed by atoms with van der Waals surface area (Å²) in [5, 5.41) is 2.86. The zero-order chi connectivity index (χ0) is 9.26. The first-order valence-electron chi connectivity index (χ1n) is 4.49. The van der Waals surface area contributed by atoms with E-state index in [9.17, 15) is 4.79 Å². The molecule has 0 aromatic heterocycles. The first kappa shape index (κ1) is 8.93. The molecular formula is C8H14N2O3. The van der Waals surface area contributed by atoms with Crippen LogP contribution in [0.2, 0.25) is 0 Å². The molecule has 2 heterocycles. The van der Waals surface area contributed by atoms with E-state index in [4.69, 9.17) is 15.2 Å². The van der Waals surface area contributed by atoms with Crippen LogP contribution in [0.5, 0.6) is 0 Å². The highest BCUT2D eigenvalue weighted by Crippen LogP contribution is 2.12. The van der Waals surface area contributed by atoms with Gasteiger partial charge in [-0.05, 0) is 0 Å². The number of nitrogens with two attached hydrogens (primary N) is 1. The van der Waals surface area contributed by atoms with Crippen LogP contribution in [0.25, 0.3) is 0 Å². The molecule has 3 N–H and O–H groups in total. The van der Waals surface area contributed by atoms with E-state index in [1.807, 2.05) is 0 Å². The Labute approximate surface area is 76.6 Å². The van der Waals surface area contributed by atoms with Gasteiger partial charge in [0.1, 0.15) is 0 Å². The van der Waals surface area contributed by atoms with Gasteiger partial charge in [-0.2, -0.15) is 0 Å². The maximum Gasteiger partial charge on any atom is 0.227 e. The van der Waals surface area contributed by atoms with Crippen molar-refractivity contribution < 1.29 is 14.3 Å². The summed E-state index contributed by atoms with van der Waals surface area (Å²) in [5.41, 5.74) is 5.70. The fraction of sp³-hybridized carbons (Fsp3) is 0.875. The van der Waals surface area contributed by atoms with Crippen molar-refractivity contribution in [2.45, 2.75) is 12.1 Å². The van der Waals surface area contributed by atoms with Crippen LogP contribution >= 0.6 is 0 Å². The number of nitrogens with one attached hydrogen (secondary N) is 1. The van der Waals surface area contributed by atoms with Crippen LogP contribution in [-0.4, -0.2) is 44.4 Å². The highest BCUT2D eigenvalue weighted by atomic mass is 16.5. The molecule has 0 radical (unpaired) electrons. The summed E-state index contributed by atoms with van der Waals surface area (Å²) in [6.07, 6.45) is 0. The molecule has 5 heteroatoms. The normalized spacial score (nSPS) is 34.2. The molecule has 2 saturated heterocycles. The van der Waals surface area contributed by atoms with E-state index in [2.05, 4.69) is 5.32 Å². The largest absolute Gasteiger partial charge is 0.379 e. The maximum absolute atomic E-state index is 11.5. The fourth-order valence-corrected chi connectivity index (χ4v) is 1.47. The van der Waals surface area contributed by atoms with Crippen LogP contribution in [0, 0.1) is 5.92 Å². The van der Waals surface area contributed by atoms with E-state index in [0.29, 0.717) is 26.4 Å². The second-order valence-corrected chi connectivity index (χ2v) is 3.55. The fourth-order valence-electron chi connectivity index (χ4n) is 1.47. The zero-order valence-corrected chi connectivity index (χ0v) is 7.36. The summed E-state index contributed by atoms with van der Waals surface area (Å²) < 4.78 is 10.1. The monoisotopic (exact) mass is 186 g/mol. The van der Waals surface area contributed by atoms with E-state index >= 15 is 0 Å². The molecule has 74 valence electrons. The Morgan fingerprint density at radius 3 is 2.38 bits per heavy atom. The van der Waals surface area contributed by atoms with Gasteiger partial charge in [-0.1, -0.05) is 0 Å². The zero-order valence-electron chi connectivity index (χ0n) is 7.36. The maximum atomic E-state index is 11.5. The van der Waals surface area contributed by atoms with Gasteiger partial charge < -0.3 is 20.5 Å². The van der Waals surface area contributed by atoms with Gasteiger partial charge in [0.15, 0.2) is 0 Å². The first-order chi connectivity index (χ1) is 6.27. The van der Waals surface area contributed by atoms with Crippen molar-refractivity contribution in [1.29, 1.82) is 0 Å². The standard InChI is InChI=1S/C8H14N2O3/c9-7-4-13-3-6(7)8(11)10-5-1-12-2-5/h5-7H,1-4,9H2,(H,10,11). The molecule has 2 unspecified atom stereocenters. The molecular weight excluding hydrogens is 172 g/mol. The van der Waals surface area contributed by atoms with Gasteiger partial charge in [0.25, 0.3) is 0 Å². The third-order valence-electron chi connectivity index (χ3n) is 2.45. The lowest BCUT2D eigenvalue weighted by molar-refractivity contribution is -0.129. The molecule has 1 amide bonds. The Bertz CT molecular complexity index is 206. The second-order valence-electron chi connectivity index (χ2n) is 3.55. The van der Waals surface area contributed by atoms with Gasteiger partial charge in [-0.3, -0.25) is 4.79 Å². The lowest BCUT2D eigenvalue weighted by Gasteiger charge is -2.28. The summed E-state index contributed by atoms with van der Waals surface area (Å²) in [5.74, 6) is -0.182. The van der Waals surface area contributed by atoms with E-state index < -0.39 is 0 Å². The molecule has 13 heavy (non-hydrogen) atoms. The Kier molecular flexibility index (Phi) is 2.48. The average Bonchev–Trinajstić information content (AvgIpc) is 2.43. The minimum absolute atomic E-state index is 0.00157. The van der Waals surface area contributed by atoms with E-state index in [1.54, 1.807) is 0 Å². The van der Waals surface area contributed by atoms with Crippen molar-refractivity contribution in [1.82, 2.24) is 5.32 Å². The van der Waals surface area contributed by atoms with Crippen molar-refractivity contribution in [2.24, 2.45) is 11.7 Å². The number of hydrogen-bond donors (Lipinski definition) is 2. The Hall–Kier alpha value is -0.650. The predicted octanol–water partition coefficient (Wildman–Crippen LogP) is -1.52. The molecule has 0 spiro atoms. The third kappa shape index (κ3) is 1.82. The van der Waals surface area contributed by atoms with Gasteiger partial charge in [-0.15, -0.1) is 0 Å². The number of rotatable bonds is 2. The van der Waals surface area contributed by atoms with Crippen molar-refractivity contribution in [3.05, 3.63) is 0 Å². The van der Waals surface area contributed by atoms with E-state index in [0.717, 1.165) is 0 Å². The summed E-state index contributed by atoms with van der Waals surface area (Å²) in [4.78, 5) is 11.5. The number of hydrogen-bond acceptors (Lipinski definition) is 4. The number of carbonyl (C=O) groups excluding carboxylic acids is 1. The minimum atomic E-state index is -0.180. The van der Waals surface area contributed by atoms with Gasteiger partial charge in [0, 0.05) is 6.04 Å². The summed E-state index contributed by atoms with van der Waals surface area (Å²) >= 11 is 0. The van der Waals surface area contributed by atoms with Gasteiger partial charge in [0.05, 0.1) is 38.4 Å². The summed E-state index contributed by atoms with van der Waals surface area (Å²) in [6, 6.07) is 0.0290. The van der Waals surface area contributed by atoms with Crippen molar-refractivity contribution in [3.63, 3.8) is 0 Å². The molecule has 2 rings (SSSR count). The summed E-state index contributed by atoms with van der Waals surface area (Å²) in [7, 11) is 0. The summed E-state index contributed by atoms with van der Waals surface area (Å²) in [6.45, 7) is 2.17. The highest BCUT2D eigenvalue weighted by molar-refractivity contribution is 5.80. The first-order valence-corrected chi connectivity index (χ1v) is 4.49. The van der Waals surface area contributed by atoms with Crippen LogP contribution in [-0.2, 0) is 14.3 Å². The molecule has 0 aromatic carbocycles. The number of amides is 1. The molecule has 2 fully saturated rings. The van der Waals surface area contributed by atoms with Crippen LogP contribution in [0.15, 0.2) is 0 Å². The molecule has 5 nitrogen and oxygen atoms in total. The quantitative estimate of drug-likeness (QED) is 0.549. The SMILES string of the molecule is NC1COCC1C(=O)NC1COC1. The van der Waals surface area contributed by atoms with Gasteiger partial charge in [0.2, 0.25) is 5.91 Å². The molecule has 2 aliphatic rings. The Balaban J connectivity index is 1.81. The van der Waals surface area contributed by atoms with Crippen LogP contribution in [0.3, 0.4) is 0 Å². The predicted molar refractivity (Wildman–Crippen MR) is 45.0 cm³/mol. The average molecular weight is 186 g/mol. The molecule has 0 aromatic rings. The molecule has 0 bridgehead atoms. The van der Waals surface area contributed by atoms with Crippen molar-refractivity contribution in [2.75, 3.05) is 26.4 Å². The number of ether oxygens (including phenoxy) is 2. The second kappa shape index (κ2) is 3.61. The topological polar surface area (TPSA) is 73.6 Å². The van der Waals surface area contributed by atoms with Gasteiger partial charge >= 0.3 is 0 Å². The van der Waals surface area contributed by atoms with Gasteiger partial charge in [-0.25, -0.2) is 0 Å². The molecule has 0 aliphatic carbocycles. The third-order valence-corrected chi connectivity index (χ3v) is 2.45. The van der Waals surface area contributed by atoms with E-state index in [1.165, 1.54) is 0 Å². The Morgan fingerprint density at radius 2 is 1.92 bits per heavy atom. The lowest BCUT2D eigenvalue weighted by Crippen LogP contribution is -2.52. The number of carbonyl (C=O) groups is 1. The minimum Gasteiger partial charge on any atom is -0.379 e. The highest BCUT2D eigenvalue weighted by Gasteiger charge is 2.33. The molecule has 0 saturated carbocycles. The molecule has 2 atom stereocenters. The van der Waals surface area contributed by atoms with Crippen LogP contribution in [0.4, 0.5) is 0 Å². The molecule has 2 aliphatic heterocycles. The van der Waals surface area contributed by atoms with Crippen molar-refractivity contribution >= 4 is 5.91 Å². The van der Waals surface area contributed by atoms with E-state index in [-0.39, 0.29) is 23.9 Å². The Morgan fingerprint density at radius 1 is 1.23 bits per heavy atom. The van der Waals surface area contributed by atoms with Crippen LogP contribution in [0.1, 0.15) is 0 Å². The van der Waals surface area contributed by atoms with Crippen LogP contribution < -0.4 is 11.1 Å².